The van der Waals surface area contributed by atoms with Crippen molar-refractivity contribution in [3.63, 3.8) is 0 Å². The van der Waals surface area contributed by atoms with E-state index in [1.54, 1.807) is 26.1 Å². The van der Waals surface area contributed by atoms with Gasteiger partial charge < -0.3 is 10.6 Å². The number of hydrogen-bond donors (Lipinski definition) is 1. The van der Waals surface area contributed by atoms with Crippen LogP contribution in [-0.4, -0.2) is 18.5 Å². The first-order valence-corrected chi connectivity index (χ1v) is 5.21. The molecule has 0 aliphatic heterocycles. The number of nitrogens with two attached hydrogens (primary N) is 1. The van der Waals surface area contributed by atoms with Crippen molar-refractivity contribution in [2.45, 2.75) is 25.8 Å². The van der Waals surface area contributed by atoms with Crippen LogP contribution < -0.4 is 10.6 Å². The van der Waals surface area contributed by atoms with Crippen molar-refractivity contribution in [2.75, 3.05) is 11.9 Å². The topological polar surface area (TPSA) is 46.3 Å². The lowest BCUT2D eigenvalue weighted by Crippen LogP contribution is -2.51. The van der Waals surface area contributed by atoms with Gasteiger partial charge in [-0.15, -0.1) is 0 Å². The van der Waals surface area contributed by atoms with E-state index in [-0.39, 0.29) is 11.7 Å². The third-order valence-electron chi connectivity index (χ3n) is 2.72. The SMILES string of the molecule is CCC(C)(N)C(=O)N(C)c1cccc(F)c1. The fraction of sp³-hybridized carbons (Fsp3) is 0.417. The summed E-state index contributed by atoms with van der Waals surface area (Å²) in [6.07, 6.45) is 0.533. The van der Waals surface area contributed by atoms with Gasteiger partial charge >= 0.3 is 0 Å². The summed E-state index contributed by atoms with van der Waals surface area (Å²) in [5, 5.41) is 0. The Hall–Kier alpha value is -1.42. The number of anilines is 1. The fourth-order valence-corrected chi connectivity index (χ4v) is 1.34. The Morgan fingerprint density at radius 2 is 2.19 bits per heavy atom. The molecule has 3 nitrogen and oxygen atoms in total. The van der Waals surface area contributed by atoms with Crippen molar-refractivity contribution in [2.24, 2.45) is 5.73 Å². The van der Waals surface area contributed by atoms with Crippen LogP contribution >= 0.6 is 0 Å². The van der Waals surface area contributed by atoms with Crippen LogP contribution in [0.25, 0.3) is 0 Å². The number of benzene rings is 1. The molecule has 1 unspecified atom stereocenters. The maximum Gasteiger partial charge on any atom is 0.246 e. The van der Waals surface area contributed by atoms with Gasteiger partial charge in [0.1, 0.15) is 5.82 Å². The number of amides is 1. The van der Waals surface area contributed by atoms with Gasteiger partial charge in [-0.05, 0) is 31.5 Å². The molecule has 0 saturated heterocycles. The lowest BCUT2D eigenvalue weighted by Gasteiger charge is -2.28. The molecule has 1 atom stereocenters. The van der Waals surface area contributed by atoms with Crippen molar-refractivity contribution in [1.82, 2.24) is 0 Å². The summed E-state index contributed by atoms with van der Waals surface area (Å²) in [5.41, 5.74) is 5.44. The van der Waals surface area contributed by atoms with Gasteiger partial charge in [0.15, 0.2) is 0 Å². The number of nitrogens with zero attached hydrogens (tertiary/aromatic N) is 1. The molecule has 1 rings (SSSR count). The van der Waals surface area contributed by atoms with Gasteiger partial charge in [0.2, 0.25) is 5.91 Å². The van der Waals surface area contributed by atoms with E-state index in [0.717, 1.165) is 0 Å². The molecule has 0 fully saturated rings. The third-order valence-corrected chi connectivity index (χ3v) is 2.72. The molecule has 0 aliphatic rings. The van der Waals surface area contributed by atoms with Gasteiger partial charge in [0.05, 0.1) is 5.54 Å². The Labute approximate surface area is 95.0 Å². The Bertz CT molecular complexity index is 390. The first kappa shape index (κ1) is 12.6. The van der Waals surface area contributed by atoms with Gasteiger partial charge in [0.25, 0.3) is 0 Å². The molecule has 0 saturated carbocycles. The van der Waals surface area contributed by atoms with Crippen molar-refractivity contribution in [1.29, 1.82) is 0 Å². The maximum atomic E-state index is 13.0. The Morgan fingerprint density at radius 1 is 1.56 bits per heavy atom. The highest BCUT2D eigenvalue weighted by Crippen LogP contribution is 2.18. The van der Waals surface area contributed by atoms with E-state index in [0.29, 0.717) is 12.1 Å². The standard InChI is InChI=1S/C12H17FN2O/c1-4-12(2,14)11(16)15(3)10-7-5-6-9(13)8-10/h5-8H,4,14H2,1-3H3. The van der Waals surface area contributed by atoms with Crippen molar-refractivity contribution in [3.8, 4) is 0 Å². The molecule has 0 bridgehead atoms. The molecule has 2 N–H and O–H groups in total. The first-order valence-electron chi connectivity index (χ1n) is 5.21. The van der Waals surface area contributed by atoms with Gasteiger partial charge in [0, 0.05) is 12.7 Å². The van der Waals surface area contributed by atoms with E-state index in [1.165, 1.54) is 17.0 Å². The zero-order valence-electron chi connectivity index (χ0n) is 9.83. The number of rotatable bonds is 3. The Balaban J connectivity index is 2.95. The summed E-state index contributed by atoms with van der Waals surface area (Å²) < 4.78 is 13.0. The van der Waals surface area contributed by atoms with Gasteiger partial charge in [-0.25, -0.2) is 4.39 Å². The molecular weight excluding hydrogens is 207 g/mol. The molecule has 0 spiro atoms. The molecular formula is C12H17FN2O. The second-order valence-electron chi connectivity index (χ2n) is 4.12. The largest absolute Gasteiger partial charge is 0.318 e. The van der Waals surface area contributed by atoms with Gasteiger partial charge in [-0.1, -0.05) is 13.0 Å². The monoisotopic (exact) mass is 224 g/mol. The highest BCUT2D eigenvalue weighted by atomic mass is 19.1. The molecule has 1 amide bonds. The lowest BCUT2D eigenvalue weighted by molar-refractivity contribution is -0.122. The molecule has 1 aromatic carbocycles. The smallest absolute Gasteiger partial charge is 0.246 e. The van der Waals surface area contributed by atoms with Crippen LogP contribution in [0.2, 0.25) is 0 Å². The number of carbonyl (C=O) groups is 1. The number of halogens is 1. The van der Waals surface area contributed by atoms with E-state index >= 15 is 0 Å². The summed E-state index contributed by atoms with van der Waals surface area (Å²) in [6, 6.07) is 5.88. The molecule has 16 heavy (non-hydrogen) atoms. The highest BCUT2D eigenvalue weighted by molar-refractivity contribution is 5.99. The average molecular weight is 224 g/mol. The average Bonchev–Trinajstić information content (AvgIpc) is 2.27. The number of hydrogen-bond acceptors (Lipinski definition) is 2. The van der Waals surface area contributed by atoms with Crippen molar-refractivity contribution >= 4 is 11.6 Å². The molecule has 88 valence electrons. The van der Waals surface area contributed by atoms with Crippen LogP contribution in [0.3, 0.4) is 0 Å². The first-order chi connectivity index (χ1) is 7.38. The highest BCUT2D eigenvalue weighted by Gasteiger charge is 2.29. The minimum absolute atomic E-state index is 0.222. The summed E-state index contributed by atoms with van der Waals surface area (Å²) in [6.45, 7) is 3.52. The van der Waals surface area contributed by atoms with Crippen LogP contribution in [-0.2, 0) is 4.79 Å². The van der Waals surface area contributed by atoms with Crippen LogP contribution in [0.5, 0.6) is 0 Å². The second-order valence-corrected chi connectivity index (χ2v) is 4.12. The Morgan fingerprint density at radius 3 is 2.69 bits per heavy atom. The lowest BCUT2D eigenvalue weighted by atomic mass is 9.98. The fourth-order valence-electron chi connectivity index (χ4n) is 1.34. The van der Waals surface area contributed by atoms with Crippen LogP contribution in [0.4, 0.5) is 10.1 Å². The minimum Gasteiger partial charge on any atom is -0.318 e. The number of likely N-dealkylation sites (N-methyl/N-ethyl adjacent to an activating group) is 1. The molecule has 0 aromatic heterocycles. The molecule has 0 heterocycles. The molecule has 0 aliphatic carbocycles. The van der Waals surface area contributed by atoms with E-state index in [4.69, 9.17) is 5.73 Å². The zero-order valence-corrected chi connectivity index (χ0v) is 9.83. The molecule has 0 radical (unpaired) electrons. The van der Waals surface area contributed by atoms with Gasteiger partial charge in [-0.2, -0.15) is 0 Å². The zero-order chi connectivity index (χ0) is 12.3. The summed E-state index contributed by atoms with van der Waals surface area (Å²) in [7, 11) is 1.60. The summed E-state index contributed by atoms with van der Waals surface area (Å²) in [5.74, 6) is -0.590. The quantitative estimate of drug-likeness (QED) is 0.852. The second kappa shape index (κ2) is 4.61. The van der Waals surface area contributed by atoms with E-state index in [2.05, 4.69) is 0 Å². The maximum absolute atomic E-state index is 13.0. The third kappa shape index (κ3) is 2.58. The summed E-state index contributed by atoms with van der Waals surface area (Å²) in [4.78, 5) is 13.4. The van der Waals surface area contributed by atoms with E-state index in [1.807, 2.05) is 6.92 Å². The molecule has 1 aromatic rings. The van der Waals surface area contributed by atoms with Crippen molar-refractivity contribution in [3.05, 3.63) is 30.1 Å². The van der Waals surface area contributed by atoms with Crippen molar-refractivity contribution < 1.29 is 9.18 Å². The van der Waals surface area contributed by atoms with E-state index in [9.17, 15) is 9.18 Å². The van der Waals surface area contributed by atoms with Gasteiger partial charge in [-0.3, -0.25) is 4.79 Å². The minimum atomic E-state index is -0.916. The van der Waals surface area contributed by atoms with E-state index < -0.39 is 5.54 Å². The molecule has 4 heteroatoms. The Kier molecular flexibility index (Phi) is 3.65. The van der Waals surface area contributed by atoms with Crippen LogP contribution in [0.1, 0.15) is 20.3 Å². The van der Waals surface area contributed by atoms with Crippen LogP contribution in [0.15, 0.2) is 24.3 Å². The number of carbonyl (C=O) groups excluding carboxylic acids is 1. The predicted octanol–water partition coefficient (Wildman–Crippen LogP) is 1.92. The summed E-state index contributed by atoms with van der Waals surface area (Å²) >= 11 is 0. The van der Waals surface area contributed by atoms with Crippen LogP contribution in [0, 0.1) is 5.82 Å². The normalized spacial score (nSPS) is 14.3. The predicted molar refractivity (Wildman–Crippen MR) is 62.7 cm³/mol.